The van der Waals surface area contributed by atoms with Gasteiger partial charge >= 0.3 is 0 Å². The highest BCUT2D eigenvalue weighted by Gasteiger charge is 2.13. The van der Waals surface area contributed by atoms with Crippen molar-refractivity contribution in [3.63, 3.8) is 0 Å². The zero-order chi connectivity index (χ0) is 10.2. The number of nitrogens with one attached hydrogen (secondary N) is 1. The summed E-state index contributed by atoms with van der Waals surface area (Å²) in [6.45, 7) is 5.15. The van der Waals surface area contributed by atoms with E-state index in [4.69, 9.17) is 0 Å². The average molecular weight is 192 g/mol. The van der Waals surface area contributed by atoms with Gasteiger partial charge in [0.2, 0.25) is 0 Å². The lowest BCUT2D eigenvalue weighted by molar-refractivity contribution is 0.411. The third-order valence-electron chi connectivity index (χ3n) is 2.40. The molecule has 1 aromatic rings. The van der Waals surface area contributed by atoms with Crippen molar-refractivity contribution in [1.82, 2.24) is 10.3 Å². The fourth-order valence-corrected chi connectivity index (χ4v) is 1.72. The predicted octanol–water partition coefficient (Wildman–Crippen LogP) is 2.92. The highest BCUT2D eigenvalue weighted by molar-refractivity contribution is 5.14. The van der Waals surface area contributed by atoms with Crippen LogP contribution in [0.2, 0.25) is 0 Å². The first-order valence-electron chi connectivity index (χ1n) is 5.60. The Hall–Kier alpha value is -0.890. The van der Waals surface area contributed by atoms with Crippen molar-refractivity contribution in [1.29, 1.82) is 0 Å². The normalized spacial score (nSPS) is 20.9. The molecule has 1 saturated heterocycles. The molecule has 2 heteroatoms. The summed E-state index contributed by atoms with van der Waals surface area (Å²) in [5.74, 6) is 0. The van der Waals surface area contributed by atoms with Crippen LogP contribution in [0.5, 0.6) is 0 Å². The maximum atomic E-state index is 4.12. The van der Waals surface area contributed by atoms with Crippen LogP contribution in [0.3, 0.4) is 0 Å². The smallest absolute Gasteiger partial charge is 0.0335 e. The molecular weight excluding hydrogens is 172 g/mol. The van der Waals surface area contributed by atoms with Crippen molar-refractivity contribution in [2.45, 2.75) is 39.2 Å². The number of piperidine rings is 1. The van der Waals surface area contributed by atoms with Gasteiger partial charge < -0.3 is 5.32 Å². The zero-order valence-electron chi connectivity index (χ0n) is 9.16. The Bertz CT molecular complexity index is 227. The van der Waals surface area contributed by atoms with E-state index in [0.29, 0.717) is 6.04 Å². The first-order valence-corrected chi connectivity index (χ1v) is 5.60. The van der Waals surface area contributed by atoms with Gasteiger partial charge in [0, 0.05) is 18.4 Å². The van der Waals surface area contributed by atoms with Gasteiger partial charge in [-0.3, -0.25) is 4.98 Å². The predicted molar refractivity (Wildman–Crippen MR) is 60.2 cm³/mol. The second-order valence-corrected chi connectivity index (χ2v) is 3.29. The lowest BCUT2D eigenvalue weighted by Crippen LogP contribution is -2.26. The first kappa shape index (κ1) is 11.2. The molecule has 2 rings (SSSR count). The quantitative estimate of drug-likeness (QED) is 0.740. The van der Waals surface area contributed by atoms with Crippen LogP contribution < -0.4 is 5.32 Å². The fourth-order valence-electron chi connectivity index (χ4n) is 1.72. The number of hydrogen-bond acceptors (Lipinski definition) is 2. The van der Waals surface area contributed by atoms with E-state index in [1.807, 2.05) is 32.3 Å². The molecule has 0 bridgehead atoms. The van der Waals surface area contributed by atoms with Gasteiger partial charge in [-0.05, 0) is 31.0 Å². The summed E-state index contributed by atoms with van der Waals surface area (Å²) in [5, 5.41) is 3.50. The molecule has 0 amide bonds. The minimum absolute atomic E-state index is 0.549. The summed E-state index contributed by atoms with van der Waals surface area (Å²) in [4.78, 5) is 4.12. The van der Waals surface area contributed by atoms with Crippen molar-refractivity contribution >= 4 is 0 Å². The van der Waals surface area contributed by atoms with Gasteiger partial charge in [0.1, 0.15) is 0 Å². The van der Waals surface area contributed by atoms with Crippen LogP contribution in [0.25, 0.3) is 0 Å². The highest BCUT2D eigenvalue weighted by Crippen LogP contribution is 2.21. The van der Waals surface area contributed by atoms with Gasteiger partial charge in [0.15, 0.2) is 0 Å². The van der Waals surface area contributed by atoms with Crippen molar-refractivity contribution < 1.29 is 0 Å². The Morgan fingerprint density at radius 1 is 1.36 bits per heavy atom. The van der Waals surface area contributed by atoms with Crippen LogP contribution in [0.4, 0.5) is 0 Å². The van der Waals surface area contributed by atoms with Gasteiger partial charge in [-0.15, -0.1) is 0 Å². The van der Waals surface area contributed by atoms with Gasteiger partial charge in [-0.25, -0.2) is 0 Å². The van der Waals surface area contributed by atoms with Crippen LogP contribution in [-0.4, -0.2) is 11.5 Å². The summed E-state index contributed by atoms with van der Waals surface area (Å²) in [6, 6.07) is 4.70. The molecule has 0 saturated carbocycles. The minimum atomic E-state index is 0.549. The zero-order valence-corrected chi connectivity index (χ0v) is 9.16. The molecule has 1 aliphatic heterocycles. The third-order valence-corrected chi connectivity index (χ3v) is 2.40. The third kappa shape index (κ3) is 3.11. The molecule has 1 atom stereocenters. The molecule has 0 unspecified atom stereocenters. The van der Waals surface area contributed by atoms with Crippen LogP contribution >= 0.6 is 0 Å². The Balaban J connectivity index is 0.000000461. The largest absolute Gasteiger partial charge is 0.310 e. The second-order valence-electron chi connectivity index (χ2n) is 3.29. The van der Waals surface area contributed by atoms with Crippen molar-refractivity contribution in [2.24, 2.45) is 0 Å². The molecule has 14 heavy (non-hydrogen) atoms. The number of hydrogen-bond donors (Lipinski definition) is 1. The summed E-state index contributed by atoms with van der Waals surface area (Å²) >= 11 is 0. The molecule has 1 aliphatic rings. The average Bonchev–Trinajstić information content (AvgIpc) is 2.34. The Morgan fingerprint density at radius 2 is 2.21 bits per heavy atom. The molecule has 0 aromatic carbocycles. The molecule has 0 radical (unpaired) electrons. The Morgan fingerprint density at radius 3 is 2.79 bits per heavy atom. The van der Waals surface area contributed by atoms with E-state index in [-0.39, 0.29) is 0 Å². The summed E-state index contributed by atoms with van der Waals surface area (Å²) in [5.41, 5.74) is 1.33. The van der Waals surface area contributed by atoms with E-state index >= 15 is 0 Å². The number of rotatable bonds is 1. The molecule has 1 N–H and O–H groups in total. The molecule has 1 fully saturated rings. The molecule has 0 spiro atoms. The maximum absolute atomic E-state index is 4.12. The lowest BCUT2D eigenvalue weighted by Gasteiger charge is -2.23. The van der Waals surface area contributed by atoms with E-state index in [2.05, 4.69) is 16.4 Å². The monoisotopic (exact) mass is 192 g/mol. The first-order chi connectivity index (χ1) is 6.97. The SMILES string of the molecule is CC.c1cncc([C@@H]2CCCCN2)c1. The van der Waals surface area contributed by atoms with Crippen molar-refractivity contribution in [3.05, 3.63) is 30.1 Å². The number of aromatic nitrogens is 1. The van der Waals surface area contributed by atoms with E-state index in [1.54, 1.807) is 0 Å². The van der Waals surface area contributed by atoms with Crippen molar-refractivity contribution in [3.8, 4) is 0 Å². The fraction of sp³-hybridized carbons (Fsp3) is 0.583. The van der Waals surface area contributed by atoms with Crippen LogP contribution in [0, 0.1) is 0 Å². The lowest BCUT2D eigenvalue weighted by atomic mass is 9.99. The topological polar surface area (TPSA) is 24.9 Å². The number of pyridine rings is 1. The van der Waals surface area contributed by atoms with Crippen LogP contribution in [-0.2, 0) is 0 Å². The molecular formula is C12H20N2. The molecule has 2 heterocycles. The molecule has 1 aromatic heterocycles. The summed E-state index contributed by atoms with van der Waals surface area (Å²) < 4.78 is 0. The van der Waals surface area contributed by atoms with Gasteiger partial charge in [0.05, 0.1) is 0 Å². The van der Waals surface area contributed by atoms with E-state index < -0.39 is 0 Å². The standard InChI is InChI=1S/C10H14N2.C2H6/c1-2-7-12-10(5-1)9-4-3-6-11-8-9;1-2/h3-4,6,8,10,12H,1-2,5,7H2;1-2H3/t10-;/m0./s1. The molecule has 2 nitrogen and oxygen atoms in total. The van der Waals surface area contributed by atoms with Gasteiger partial charge in [-0.2, -0.15) is 0 Å². The second kappa shape index (κ2) is 6.55. The van der Waals surface area contributed by atoms with Crippen LogP contribution in [0.15, 0.2) is 24.5 Å². The number of nitrogens with zero attached hydrogens (tertiary/aromatic N) is 1. The van der Waals surface area contributed by atoms with E-state index in [9.17, 15) is 0 Å². The Labute approximate surface area is 86.8 Å². The van der Waals surface area contributed by atoms with Gasteiger partial charge in [-0.1, -0.05) is 26.3 Å². The summed E-state index contributed by atoms with van der Waals surface area (Å²) in [6.07, 6.45) is 7.70. The Kier molecular flexibility index (Phi) is 5.23. The van der Waals surface area contributed by atoms with Crippen molar-refractivity contribution in [2.75, 3.05) is 6.54 Å². The molecule has 0 aliphatic carbocycles. The summed E-state index contributed by atoms with van der Waals surface area (Å²) in [7, 11) is 0. The molecule has 78 valence electrons. The maximum Gasteiger partial charge on any atom is 0.0335 e. The van der Waals surface area contributed by atoms with E-state index in [0.717, 1.165) is 6.54 Å². The highest BCUT2D eigenvalue weighted by atomic mass is 14.9. The van der Waals surface area contributed by atoms with E-state index in [1.165, 1.54) is 24.8 Å². The minimum Gasteiger partial charge on any atom is -0.310 e. The van der Waals surface area contributed by atoms with Crippen LogP contribution in [0.1, 0.15) is 44.7 Å². The van der Waals surface area contributed by atoms with Gasteiger partial charge in [0.25, 0.3) is 0 Å².